The molecule has 4 nitrogen and oxygen atoms in total. The van der Waals surface area contributed by atoms with Gasteiger partial charge in [-0.05, 0) is 38.0 Å². The standard InChI is InChI=1S/C20H23N3O/c1-14(2)22-19(24)12-17(16-9-5-4-6-10-16)18-13-21-20-15(3)8-7-11-23(18)20/h4-11,13-14,17H,12H2,1-3H3,(H,22,24)/t17-/m0/s1. The van der Waals surface area contributed by atoms with Crippen LogP contribution < -0.4 is 5.32 Å². The summed E-state index contributed by atoms with van der Waals surface area (Å²) in [6.07, 6.45) is 4.31. The Hall–Kier alpha value is -2.62. The van der Waals surface area contributed by atoms with Crippen LogP contribution in [0.3, 0.4) is 0 Å². The first kappa shape index (κ1) is 16.2. The lowest BCUT2D eigenvalue weighted by molar-refractivity contribution is -0.121. The Bertz CT molecular complexity index is 836. The van der Waals surface area contributed by atoms with Crippen molar-refractivity contribution in [2.75, 3.05) is 0 Å². The molecule has 3 rings (SSSR count). The Balaban J connectivity index is 2.03. The normalized spacial score (nSPS) is 12.5. The summed E-state index contributed by atoms with van der Waals surface area (Å²) in [6.45, 7) is 6.01. The van der Waals surface area contributed by atoms with Gasteiger partial charge in [0.25, 0.3) is 0 Å². The number of rotatable bonds is 5. The highest BCUT2D eigenvalue weighted by atomic mass is 16.1. The molecule has 4 heteroatoms. The van der Waals surface area contributed by atoms with E-state index < -0.39 is 0 Å². The van der Waals surface area contributed by atoms with E-state index >= 15 is 0 Å². The summed E-state index contributed by atoms with van der Waals surface area (Å²) in [4.78, 5) is 17.0. The van der Waals surface area contributed by atoms with Gasteiger partial charge in [-0.25, -0.2) is 4.98 Å². The molecule has 0 spiro atoms. The number of amides is 1. The summed E-state index contributed by atoms with van der Waals surface area (Å²) in [6, 6.07) is 14.4. The van der Waals surface area contributed by atoms with Gasteiger partial charge >= 0.3 is 0 Å². The van der Waals surface area contributed by atoms with E-state index in [-0.39, 0.29) is 17.9 Å². The molecule has 0 unspecified atom stereocenters. The molecule has 2 heterocycles. The molecule has 124 valence electrons. The molecule has 0 aliphatic carbocycles. The number of aryl methyl sites for hydroxylation is 1. The molecule has 0 saturated heterocycles. The number of imidazole rings is 1. The maximum absolute atomic E-state index is 12.4. The molecule has 1 atom stereocenters. The zero-order valence-electron chi connectivity index (χ0n) is 14.4. The van der Waals surface area contributed by atoms with Crippen LogP contribution >= 0.6 is 0 Å². The molecule has 0 bridgehead atoms. The fraction of sp³-hybridized carbons (Fsp3) is 0.300. The van der Waals surface area contributed by atoms with E-state index in [1.165, 1.54) is 0 Å². The molecule has 0 saturated carbocycles. The van der Waals surface area contributed by atoms with Crippen molar-refractivity contribution < 1.29 is 4.79 Å². The van der Waals surface area contributed by atoms with Crippen molar-refractivity contribution >= 4 is 11.6 Å². The number of fused-ring (bicyclic) bond motifs is 1. The van der Waals surface area contributed by atoms with Gasteiger partial charge in [0, 0.05) is 30.8 Å². The summed E-state index contributed by atoms with van der Waals surface area (Å²) in [7, 11) is 0. The molecule has 0 aliphatic rings. The van der Waals surface area contributed by atoms with Crippen LogP contribution in [-0.2, 0) is 4.79 Å². The molecule has 1 aromatic carbocycles. The largest absolute Gasteiger partial charge is 0.354 e. The first-order chi connectivity index (χ1) is 11.6. The van der Waals surface area contributed by atoms with Crippen molar-refractivity contribution in [2.24, 2.45) is 0 Å². The van der Waals surface area contributed by atoms with Gasteiger partial charge in [0.2, 0.25) is 5.91 Å². The smallest absolute Gasteiger partial charge is 0.221 e. The molecule has 0 aliphatic heterocycles. The number of nitrogens with one attached hydrogen (secondary N) is 1. The van der Waals surface area contributed by atoms with Crippen LogP contribution in [0, 0.1) is 6.92 Å². The Kier molecular flexibility index (Phi) is 4.65. The van der Waals surface area contributed by atoms with E-state index in [1.54, 1.807) is 0 Å². The van der Waals surface area contributed by atoms with Gasteiger partial charge in [0.15, 0.2) is 0 Å². The summed E-state index contributed by atoms with van der Waals surface area (Å²) in [5, 5.41) is 3.00. The lowest BCUT2D eigenvalue weighted by Gasteiger charge is -2.18. The zero-order valence-corrected chi connectivity index (χ0v) is 14.4. The van der Waals surface area contributed by atoms with E-state index in [0.29, 0.717) is 6.42 Å². The quantitative estimate of drug-likeness (QED) is 0.779. The van der Waals surface area contributed by atoms with Crippen LogP contribution in [0.15, 0.2) is 54.9 Å². The Morgan fingerprint density at radius 1 is 1.17 bits per heavy atom. The molecule has 1 amide bonds. The summed E-state index contributed by atoms with van der Waals surface area (Å²) < 4.78 is 2.09. The first-order valence-electron chi connectivity index (χ1n) is 8.33. The van der Waals surface area contributed by atoms with Crippen molar-refractivity contribution in [2.45, 2.75) is 39.2 Å². The fourth-order valence-electron chi connectivity index (χ4n) is 3.07. The average molecular weight is 321 g/mol. The number of hydrogen-bond acceptors (Lipinski definition) is 2. The minimum absolute atomic E-state index is 0.0262. The van der Waals surface area contributed by atoms with E-state index in [0.717, 1.165) is 22.5 Å². The molecular formula is C20H23N3O. The molecule has 24 heavy (non-hydrogen) atoms. The second-order valence-corrected chi connectivity index (χ2v) is 6.46. The first-order valence-corrected chi connectivity index (χ1v) is 8.33. The number of aromatic nitrogens is 2. The number of pyridine rings is 1. The SMILES string of the molecule is Cc1cccn2c([C@@H](CC(=O)NC(C)C)c3ccccc3)cnc12. The Morgan fingerprint density at radius 3 is 2.62 bits per heavy atom. The Labute approximate surface area is 142 Å². The third-order valence-corrected chi connectivity index (χ3v) is 4.16. The van der Waals surface area contributed by atoms with Gasteiger partial charge in [-0.3, -0.25) is 4.79 Å². The van der Waals surface area contributed by atoms with Crippen LogP contribution in [0.25, 0.3) is 5.65 Å². The lowest BCUT2D eigenvalue weighted by atomic mass is 9.92. The van der Waals surface area contributed by atoms with Gasteiger partial charge in [0.1, 0.15) is 5.65 Å². The summed E-state index contributed by atoms with van der Waals surface area (Å²) in [5.41, 5.74) is 4.23. The third kappa shape index (κ3) is 3.32. The van der Waals surface area contributed by atoms with Gasteiger partial charge in [-0.1, -0.05) is 36.4 Å². The molecular weight excluding hydrogens is 298 g/mol. The Morgan fingerprint density at radius 2 is 1.92 bits per heavy atom. The van der Waals surface area contributed by atoms with Gasteiger partial charge in [-0.15, -0.1) is 0 Å². The van der Waals surface area contributed by atoms with E-state index in [1.807, 2.05) is 50.5 Å². The highest BCUT2D eigenvalue weighted by Crippen LogP contribution is 2.29. The van der Waals surface area contributed by atoms with Gasteiger partial charge in [-0.2, -0.15) is 0 Å². The predicted octanol–water partition coefficient (Wildman–Crippen LogP) is 3.69. The zero-order chi connectivity index (χ0) is 17.1. The van der Waals surface area contributed by atoms with Crippen LogP contribution in [-0.4, -0.2) is 21.3 Å². The minimum Gasteiger partial charge on any atom is -0.354 e. The van der Waals surface area contributed by atoms with E-state index in [4.69, 9.17) is 0 Å². The van der Waals surface area contributed by atoms with Gasteiger partial charge < -0.3 is 9.72 Å². The topological polar surface area (TPSA) is 46.4 Å². The molecule has 3 aromatic rings. The molecule has 0 radical (unpaired) electrons. The molecule has 1 N–H and O–H groups in total. The van der Waals surface area contributed by atoms with Crippen LogP contribution in [0.5, 0.6) is 0 Å². The van der Waals surface area contributed by atoms with Crippen LogP contribution in [0.4, 0.5) is 0 Å². The highest BCUT2D eigenvalue weighted by Gasteiger charge is 2.22. The average Bonchev–Trinajstić information content (AvgIpc) is 2.98. The molecule has 0 fully saturated rings. The lowest BCUT2D eigenvalue weighted by Crippen LogP contribution is -2.31. The predicted molar refractivity (Wildman–Crippen MR) is 96.1 cm³/mol. The van der Waals surface area contributed by atoms with Crippen molar-refractivity contribution in [1.29, 1.82) is 0 Å². The highest BCUT2D eigenvalue weighted by molar-refractivity contribution is 5.77. The maximum Gasteiger partial charge on any atom is 0.221 e. The number of hydrogen-bond donors (Lipinski definition) is 1. The number of carbonyl (C=O) groups excluding carboxylic acids is 1. The monoisotopic (exact) mass is 321 g/mol. The van der Waals surface area contributed by atoms with Crippen molar-refractivity contribution in [1.82, 2.24) is 14.7 Å². The van der Waals surface area contributed by atoms with E-state index in [2.05, 4.69) is 39.8 Å². The van der Waals surface area contributed by atoms with Crippen molar-refractivity contribution in [3.8, 4) is 0 Å². The van der Waals surface area contributed by atoms with E-state index in [9.17, 15) is 4.79 Å². The molecule has 2 aromatic heterocycles. The van der Waals surface area contributed by atoms with Crippen molar-refractivity contribution in [3.63, 3.8) is 0 Å². The number of benzene rings is 1. The van der Waals surface area contributed by atoms with Crippen LogP contribution in [0.1, 0.15) is 43.0 Å². The summed E-state index contributed by atoms with van der Waals surface area (Å²) in [5.74, 6) is 0.0307. The van der Waals surface area contributed by atoms with Crippen molar-refractivity contribution in [3.05, 3.63) is 71.7 Å². The van der Waals surface area contributed by atoms with Gasteiger partial charge in [0.05, 0.1) is 5.69 Å². The second kappa shape index (κ2) is 6.87. The second-order valence-electron chi connectivity index (χ2n) is 6.46. The number of nitrogens with zero attached hydrogens (tertiary/aromatic N) is 2. The fourth-order valence-corrected chi connectivity index (χ4v) is 3.07. The minimum atomic E-state index is -0.0262. The summed E-state index contributed by atoms with van der Waals surface area (Å²) >= 11 is 0. The third-order valence-electron chi connectivity index (χ3n) is 4.16. The number of carbonyl (C=O) groups is 1. The maximum atomic E-state index is 12.4. The van der Waals surface area contributed by atoms with Crippen LogP contribution in [0.2, 0.25) is 0 Å².